The largest absolute Gasteiger partial charge is 0.370 e. The van der Waals surface area contributed by atoms with E-state index in [4.69, 9.17) is 21.3 Å². The van der Waals surface area contributed by atoms with Crippen LogP contribution >= 0.6 is 11.6 Å². The Labute approximate surface area is 182 Å². The van der Waals surface area contributed by atoms with Crippen molar-refractivity contribution in [3.63, 3.8) is 0 Å². The number of fused-ring (bicyclic) bond motifs is 1. The molecule has 3 aromatic rings. The molecule has 2 aromatic carbocycles. The minimum atomic E-state index is -0.0497. The number of morpholine rings is 1. The molecule has 1 aromatic heterocycles. The SMILES string of the molecule is Cc1c(-c2cccc(Cl)c2)nc2ccccc2c1C(=O)NCCC[NH+]1CCOCC1. The number of nitrogens with one attached hydrogen (secondary N) is 2. The van der Waals surface area contributed by atoms with Gasteiger partial charge in [-0.05, 0) is 30.7 Å². The van der Waals surface area contributed by atoms with Crippen LogP contribution in [0.4, 0.5) is 0 Å². The zero-order valence-corrected chi connectivity index (χ0v) is 18.0. The average molecular weight is 425 g/mol. The van der Waals surface area contributed by atoms with Gasteiger partial charge in [0.2, 0.25) is 0 Å². The highest BCUT2D eigenvalue weighted by Gasteiger charge is 2.19. The van der Waals surface area contributed by atoms with Crippen molar-refractivity contribution in [2.75, 3.05) is 39.4 Å². The van der Waals surface area contributed by atoms with Gasteiger partial charge in [-0.3, -0.25) is 4.79 Å². The van der Waals surface area contributed by atoms with Crippen molar-refractivity contribution >= 4 is 28.4 Å². The Hall–Kier alpha value is -2.47. The van der Waals surface area contributed by atoms with E-state index in [9.17, 15) is 4.79 Å². The zero-order valence-electron chi connectivity index (χ0n) is 17.2. The van der Waals surface area contributed by atoms with Crippen LogP contribution in [-0.2, 0) is 4.74 Å². The summed E-state index contributed by atoms with van der Waals surface area (Å²) in [7, 11) is 0. The summed E-state index contributed by atoms with van der Waals surface area (Å²) < 4.78 is 5.41. The van der Waals surface area contributed by atoms with Gasteiger partial charge in [-0.1, -0.05) is 41.9 Å². The lowest BCUT2D eigenvalue weighted by atomic mass is 9.97. The third-order valence-corrected chi connectivity index (χ3v) is 5.89. The summed E-state index contributed by atoms with van der Waals surface area (Å²) in [5.41, 5.74) is 4.07. The fourth-order valence-electron chi connectivity index (χ4n) is 4.06. The Morgan fingerprint density at radius 1 is 1.17 bits per heavy atom. The second-order valence-corrected chi connectivity index (χ2v) is 8.15. The standard InChI is InChI=1S/C24H26ClN3O2/c1-17-22(24(29)26-10-5-11-28-12-14-30-15-13-28)20-8-2-3-9-21(20)27-23(17)18-6-4-7-19(25)16-18/h2-4,6-9,16H,5,10-15H2,1H3,(H,26,29)/p+1. The van der Waals surface area contributed by atoms with Crippen LogP contribution in [0.2, 0.25) is 5.02 Å². The zero-order chi connectivity index (χ0) is 20.9. The summed E-state index contributed by atoms with van der Waals surface area (Å²) in [5, 5.41) is 4.65. The van der Waals surface area contributed by atoms with E-state index >= 15 is 0 Å². The van der Waals surface area contributed by atoms with E-state index < -0.39 is 0 Å². The molecule has 0 atom stereocenters. The fraction of sp³-hybridized carbons (Fsp3) is 0.333. The predicted molar refractivity (Wildman–Crippen MR) is 120 cm³/mol. The molecule has 156 valence electrons. The van der Waals surface area contributed by atoms with E-state index in [1.807, 2.05) is 55.5 Å². The summed E-state index contributed by atoms with van der Waals surface area (Å²) in [4.78, 5) is 19.6. The van der Waals surface area contributed by atoms with Crippen LogP contribution in [0.3, 0.4) is 0 Å². The van der Waals surface area contributed by atoms with E-state index in [-0.39, 0.29) is 5.91 Å². The first kappa shape index (κ1) is 20.8. The number of hydrogen-bond acceptors (Lipinski definition) is 3. The minimum Gasteiger partial charge on any atom is -0.370 e. The maximum absolute atomic E-state index is 13.2. The maximum Gasteiger partial charge on any atom is 0.252 e. The summed E-state index contributed by atoms with van der Waals surface area (Å²) in [6, 6.07) is 15.4. The van der Waals surface area contributed by atoms with Crippen molar-refractivity contribution in [2.24, 2.45) is 0 Å². The van der Waals surface area contributed by atoms with Crippen LogP contribution in [0.5, 0.6) is 0 Å². The van der Waals surface area contributed by atoms with Gasteiger partial charge in [-0.2, -0.15) is 0 Å². The van der Waals surface area contributed by atoms with Gasteiger partial charge >= 0.3 is 0 Å². The molecule has 5 nitrogen and oxygen atoms in total. The maximum atomic E-state index is 13.2. The minimum absolute atomic E-state index is 0.0497. The number of carbonyl (C=O) groups excluding carboxylic acids is 1. The average Bonchev–Trinajstić information content (AvgIpc) is 2.77. The van der Waals surface area contributed by atoms with E-state index in [2.05, 4.69) is 5.32 Å². The predicted octanol–water partition coefficient (Wildman–Crippen LogP) is 2.90. The Morgan fingerprint density at radius 3 is 2.77 bits per heavy atom. The van der Waals surface area contributed by atoms with Gasteiger partial charge in [0.15, 0.2) is 0 Å². The third-order valence-electron chi connectivity index (χ3n) is 5.65. The summed E-state index contributed by atoms with van der Waals surface area (Å²) in [5.74, 6) is -0.0497. The van der Waals surface area contributed by atoms with Crippen LogP contribution in [-0.4, -0.2) is 50.3 Å². The molecule has 0 unspecified atom stereocenters. The van der Waals surface area contributed by atoms with E-state index in [0.29, 0.717) is 17.1 Å². The molecule has 0 radical (unpaired) electrons. The molecule has 2 N–H and O–H groups in total. The molecule has 1 aliphatic rings. The Morgan fingerprint density at radius 2 is 1.97 bits per heavy atom. The molecular formula is C24H27ClN3O2+. The second-order valence-electron chi connectivity index (χ2n) is 7.71. The van der Waals surface area contributed by atoms with E-state index in [1.54, 1.807) is 4.90 Å². The first-order valence-corrected chi connectivity index (χ1v) is 10.9. The van der Waals surface area contributed by atoms with Crippen molar-refractivity contribution in [1.82, 2.24) is 10.3 Å². The molecule has 1 fully saturated rings. The van der Waals surface area contributed by atoms with E-state index in [1.165, 1.54) is 0 Å². The highest BCUT2D eigenvalue weighted by molar-refractivity contribution is 6.30. The lowest BCUT2D eigenvalue weighted by Gasteiger charge is -2.23. The molecule has 30 heavy (non-hydrogen) atoms. The lowest BCUT2D eigenvalue weighted by Crippen LogP contribution is -3.14. The number of amides is 1. The second kappa shape index (κ2) is 9.56. The molecule has 0 saturated carbocycles. The number of aromatic nitrogens is 1. The Balaban J connectivity index is 1.57. The number of rotatable bonds is 6. The molecule has 1 saturated heterocycles. The monoisotopic (exact) mass is 424 g/mol. The molecule has 4 rings (SSSR count). The summed E-state index contributed by atoms with van der Waals surface area (Å²) in [6.07, 6.45) is 0.949. The van der Waals surface area contributed by atoms with Gasteiger partial charge in [-0.25, -0.2) is 4.98 Å². The topological polar surface area (TPSA) is 55.7 Å². The number of para-hydroxylation sites is 1. The molecule has 6 heteroatoms. The summed E-state index contributed by atoms with van der Waals surface area (Å²) >= 11 is 6.20. The molecule has 0 bridgehead atoms. The van der Waals surface area contributed by atoms with Gasteiger partial charge in [0.25, 0.3) is 5.91 Å². The van der Waals surface area contributed by atoms with Gasteiger partial charge in [-0.15, -0.1) is 0 Å². The number of nitrogens with zero attached hydrogens (tertiary/aromatic N) is 1. The fourth-order valence-corrected chi connectivity index (χ4v) is 4.25. The Bertz CT molecular complexity index is 1050. The van der Waals surface area contributed by atoms with E-state index in [0.717, 1.165) is 67.0 Å². The first-order chi connectivity index (χ1) is 14.6. The highest BCUT2D eigenvalue weighted by atomic mass is 35.5. The third kappa shape index (κ3) is 4.64. The summed E-state index contributed by atoms with van der Waals surface area (Å²) in [6.45, 7) is 7.42. The number of benzene rings is 2. The van der Waals surface area contributed by atoms with Crippen molar-refractivity contribution < 1.29 is 14.4 Å². The van der Waals surface area contributed by atoms with Crippen LogP contribution in [0.25, 0.3) is 22.2 Å². The normalized spacial score (nSPS) is 14.7. The van der Waals surface area contributed by atoms with Gasteiger partial charge in [0.05, 0.1) is 36.5 Å². The number of hydrogen-bond donors (Lipinski definition) is 2. The molecular weight excluding hydrogens is 398 g/mol. The molecule has 1 amide bonds. The number of quaternary nitrogens is 1. The van der Waals surface area contributed by atoms with Crippen LogP contribution in [0.15, 0.2) is 48.5 Å². The van der Waals surface area contributed by atoms with Gasteiger partial charge in [0.1, 0.15) is 13.1 Å². The number of halogens is 1. The molecule has 0 spiro atoms. The quantitative estimate of drug-likeness (QED) is 0.598. The first-order valence-electron chi connectivity index (χ1n) is 10.5. The van der Waals surface area contributed by atoms with Crippen molar-refractivity contribution in [2.45, 2.75) is 13.3 Å². The van der Waals surface area contributed by atoms with Crippen LogP contribution in [0, 0.1) is 6.92 Å². The smallest absolute Gasteiger partial charge is 0.252 e. The van der Waals surface area contributed by atoms with Crippen molar-refractivity contribution in [1.29, 1.82) is 0 Å². The number of carbonyl (C=O) groups is 1. The number of ether oxygens (including phenoxy) is 1. The van der Waals surface area contributed by atoms with Crippen molar-refractivity contribution in [3.05, 3.63) is 64.7 Å². The molecule has 1 aliphatic heterocycles. The van der Waals surface area contributed by atoms with Gasteiger partial charge < -0.3 is 15.0 Å². The lowest BCUT2D eigenvalue weighted by molar-refractivity contribution is -0.908. The van der Waals surface area contributed by atoms with Crippen LogP contribution < -0.4 is 10.2 Å². The van der Waals surface area contributed by atoms with Crippen molar-refractivity contribution in [3.8, 4) is 11.3 Å². The molecule has 0 aliphatic carbocycles. The molecule has 2 heterocycles. The highest BCUT2D eigenvalue weighted by Crippen LogP contribution is 2.30. The van der Waals surface area contributed by atoms with Crippen LogP contribution in [0.1, 0.15) is 22.3 Å². The van der Waals surface area contributed by atoms with Gasteiger partial charge in [0, 0.05) is 28.9 Å². The Kier molecular flexibility index (Phi) is 6.62. The number of pyridine rings is 1.